The Labute approximate surface area is 200 Å². The number of amides is 2. The molecule has 0 saturated heterocycles. The van der Waals surface area contributed by atoms with E-state index in [0.29, 0.717) is 18.0 Å². The topological polar surface area (TPSA) is 63.6 Å². The first-order valence-electron chi connectivity index (χ1n) is 10.9. The monoisotopic (exact) mass is 477 g/mol. The van der Waals surface area contributed by atoms with Crippen LogP contribution in [0.2, 0.25) is 0 Å². The number of carbonyl (C=O) groups is 2. The highest BCUT2D eigenvalue weighted by molar-refractivity contribution is 7.16. The number of hydrogen-bond donors (Lipinski definition) is 1. The van der Waals surface area contributed by atoms with E-state index >= 15 is 0 Å². The van der Waals surface area contributed by atoms with Crippen LogP contribution in [0, 0.1) is 5.82 Å². The Hall–Kier alpha value is -3.65. The molecule has 1 aliphatic heterocycles. The van der Waals surface area contributed by atoms with Crippen LogP contribution in [-0.4, -0.2) is 33.9 Å². The van der Waals surface area contributed by atoms with E-state index in [1.165, 1.54) is 12.1 Å². The number of fused-ring (bicyclic) bond motifs is 3. The van der Waals surface area contributed by atoms with Gasteiger partial charge in [-0.25, -0.2) is 4.39 Å². The Balaban J connectivity index is 1.50. The van der Waals surface area contributed by atoms with Crippen molar-refractivity contribution in [2.24, 2.45) is 0 Å². The molecule has 0 radical (unpaired) electrons. The molecule has 0 spiro atoms. The number of benzene rings is 2. The van der Waals surface area contributed by atoms with Crippen LogP contribution < -0.4 is 10.1 Å². The van der Waals surface area contributed by atoms with Crippen LogP contribution in [0.1, 0.15) is 28.5 Å². The third kappa shape index (κ3) is 3.84. The van der Waals surface area contributed by atoms with E-state index in [0.717, 1.165) is 21.3 Å². The fourth-order valence-electron chi connectivity index (χ4n) is 4.43. The van der Waals surface area contributed by atoms with Crippen molar-refractivity contribution >= 4 is 33.4 Å². The summed E-state index contributed by atoms with van der Waals surface area (Å²) in [6.07, 6.45) is 0. The molecule has 174 valence electrons. The molecule has 1 unspecified atom stereocenters. The zero-order valence-corrected chi connectivity index (χ0v) is 19.7. The molecular weight excluding hydrogens is 453 g/mol. The van der Waals surface area contributed by atoms with Crippen LogP contribution in [0.15, 0.2) is 66.0 Å². The van der Waals surface area contributed by atoms with Crippen LogP contribution in [-0.2, 0) is 24.4 Å². The van der Waals surface area contributed by atoms with Crippen molar-refractivity contribution in [3.05, 3.63) is 88.7 Å². The molecule has 0 saturated carbocycles. The van der Waals surface area contributed by atoms with E-state index in [2.05, 4.69) is 5.32 Å². The first-order chi connectivity index (χ1) is 16.4. The highest BCUT2D eigenvalue weighted by atomic mass is 32.1. The van der Waals surface area contributed by atoms with E-state index in [9.17, 15) is 14.0 Å². The maximum Gasteiger partial charge on any atom is 0.271 e. The predicted octanol–water partition coefficient (Wildman–Crippen LogP) is 4.58. The SMILES string of the molecule is COc1cccc(CN2C(=O)c3cc4ccsc4n3CC2(C)C(=O)NCc2ccc(F)cc2)c1. The Kier molecular flexibility index (Phi) is 5.61. The lowest BCUT2D eigenvalue weighted by Gasteiger charge is -2.44. The van der Waals surface area contributed by atoms with Crippen LogP contribution in [0.25, 0.3) is 10.2 Å². The molecule has 2 amide bonds. The second kappa shape index (κ2) is 8.61. The molecule has 34 heavy (non-hydrogen) atoms. The zero-order valence-electron chi connectivity index (χ0n) is 18.9. The van der Waals surface area contributed by atoms with E-state index in [1.807, 2.05) is 46.3 Å². The van der Waals surface area contributed by atoms with E-state index in [-0.39, 0.29) is 30.7 Å². The fraction of sp³-hybridized carbons (Fsp3) is 0.231. The third-order valence-electron chi connectivity index (χ3n) is 6.36. The smallest absolute Gasteiger partial charge is 0.271 e. The number of thiophene rings is 1. The summed E-state index contributed by atoms with van der Waals surface area (Å²) in [4.78, 5) is 30.0. The minimum atomic E-state index is -1.14. The molecule has 6 nitrogen and oxygen atoms in total. The summed E-state index contributed by atoms with van der Waals surface area (Å²) in [5.74, 6) is -0.105. The summed E-state index contributed by atoms with van der Waals surface area (Å²) in [6, 6.07) is 17.4. The van der Waals surface area contributed by atoms with Gasteiger partial charge in [0.25, 0.3) is 5.91 Å². The molecule has 8 heteroatoms. The Bertz CT molecular complexity index is 1380. The van der Waals surface area contributed by atoms with Gasteiger partial charge in [0.15, 0.2) is 0 Å². The number of nitrogens with zero attached hydrogens (tertiary/aromatic N) is 2. The first kappa shape index (κ1) is 22.2. The average molecular weight is 478 g/mol. The molecule has 1 atom stereocenters. The molecule has 2 aromatic heterocycles. The lowest BCUT2D eigenvalue weighted by Crippen LogP contribution is -2.63. The van der Waals surface area contributed by atoms with Gasteiger partial charge < -0.3 is 19.5 Å². The number of aromatic nitrogens is 1. The van der Waals surface area contributed by atoms with Crippen molar-refractivity contribution in [2.45, 2.75) is 32.1 Å². The highest BCUT2D eigenvalue weighted by Crippen LogP contribution is 2.35. The van der Waals surface area contributed by atoms with E-state index in [4.69, 9.17) is 4.74 Å². The lowest BCUT2D eigenvalue weighted by atomic mass is 9.93. The van der Waals surface area contributed by atoms with Crippen molar-refractivity contribution in [2.75, 3.05) is 7.11 Å². The van der Waals surface area contributed by atoms with Gasteiger partial charge in [-0.1, -0.05) is 24.3 Å². The van der Waals surface area contributed by atoms with Gasteiger partial charge in [-0.15, -0.1) is 11.3 Å². The van der Waals surface area contributed by atoms with Crippen LogP contribution >= 0.6 is 11.3 Å². The minimum absolute atomic E-state index is 0.197. The molecule has 1 N–H and O–H groups in total. The largest absolute Gasteiger partial charge is 0.497 e. The zero-order chi connectivity index (χ0) is 23.9. The maximum absolute atomic E-state index is 13.7. The van der Waals surface area contributed by atoms with Crippen molar-refractivity contribution in [1.82, 2.24) is 14.8 Å². The van der Waals surface area contributed by atoms with Crippen LogP contribution in [0.5, 0.6) is 5.75 Å². The average Bonchev–Trinajstić information content (AvgIpc) is 3.44. The quantitative estimate of drug-likeness (QED) is 0.442. The van der Waals surface area contributed by atoms with Crippen molar-refractivity contribution in [3.8, 4) is 5.75 Å². The number of rotatable bonds is 6. The summed E-state index contributed by atoms with van der Waals surface area (Å²) in [5.41, 5.74) is 1.09. The second-order valence-corrected chi connectivity index (χ2v) is 9.52. The molecule has 3 heterocycles. The van der Waals surface area contributed by atoms with Gasteiger partial charge in [-0.3, -0.25) is 9.59 Å². The summed E-state index contributed by atoms with van der Waals surface area (Å²) in [7, 11) is 1.60. The fourth-order valence-corrected chi connectivity index (χ4v) is 5.33. The molecule has 5 rings (SSSR count). The number of methoxy groups -OCH3 is 1. The normalized spacial score (nSPS) is 17.6. The Morgan fingerprint density at radius 3 is 2.71 bits per heavy atom. The Morgan fingerprint density at radius 1 is 1.15 bits per heavy atom. The van der Waals surface area contributed by atoms with E-state index in [1.54, 1.807) is 42.4 Å². The van der Waals surface area contributed by atoms with Crippen molar-refractivity contribution < 1.29 is 18.7 Å². The number of nitrogens with one attached hydrogen (secondary N) is 1. The van der Waals surface area contributed by atoms with Gasteiger partial charge in [-0.05, 0) is 59.8 Å². The standard InChI is InChI=1S/C26H24FN3O3S/c1-26(25(32)28-14-17-6-8-20(27)9-7-17)16-29-22(13-19-10-11-34-24(19)29)23(31)30(26)15-18-4-3-5-21(12-18)33-2/h3-13H,14-16H2,1-2H3,(H,28,32). The van der Waals surface area contributed by atoms with Gasteiger partial charge in [0.1, 0.15) is 27.6 Å². The van der Waals surface area contributed by atoms with Gasteiger partial charge in [0, 0.05) is 18.5 Å². The van der Waals surface area contributed by atoms with Crippen molar-refractivity contribution in [1.29, 1.82) is 0 Å². The van der Waals surface area contributed by atoms with Gasteiger partial charge in [0.05, 0.1) is 13.7 Å². The molecule has 4 aromatic rings. The Morgan fingerprint density at radius 2 is 1.94 bits per heavy atom. The number of halogens is 1. The highest BCUT2D eigenvalue weighted by Gasteiger charge is 2.47. The van der Waals surface area contributed by atoms with Crippen LogP contribution in [0.4, 0.5) is 4.39 Å². The molecule has 0 bridgehead atoms. The minimum Gasteiger partial charge on any atom is -0.497 e. The molecular formula is C26H24FN3O3S. The molecule has 0 fully saturated rings. The lowest BCUT2D eigenvalue weighted by molar-refractivity contribution is -0.133. The summed E-state index contributed by atoms with van der Waals surface area (Å²) < 4.78 is 20.5. The van der Waals surface area contributed by atoms with Gasteiger partial charge >= 0.3 is 0 Å². The summed E-state index contributed by atoms with van der Waals surface area (Å²) in [6.45, 7) is 2.63. The molecule has 2 aromatic carbocycles. The third-order valence-corrected chi connectivity index (χ3v) is 7.31. The van der Waals surface area contributed by atoms with Crippen LogP contribution in [0.3, 0.4) is 0 Å². The van der Waals surface area contributed by atoms with Gasteiger partial charge in [-0.2, -0.15) is 0 Å². The molecule has 1 aliphatic rings. The summed E-state index contributed by atoms with van der Waals surface area (Å²) >= 11 is 1.55. The van der Waals surface area contributed by atoms with Gasteiger partial charge in [0.2, 0.25) is 5.91 Å². The van der Waals surface area contributed by atoms with E-state index < -0.39 is 5.54 Å². The second-order valence-electron chi connectivity index (χ2n) is 8.62. The number of ether oxygens (including phenoxy) is 1. The maximum atomic E-state index is 13.7. The number of carbonyl (C=O) groups excluding carboxylic acids is 2. The van der Waals surface area contributed by atoms with Crippen molar-refractivity contribution in [3.63, 3.8) is 0 Å². The number of hydrogen-bond acceptors (Lipinski definition) is 4. The predicted molar refractivity (Wildman–Crippen MR) is 129 cm³/mol. The summed E-state index contributed by atoms with van der Waals surface area (Å²) in [5, 5.41) is 5.94. The molecule has 0 aliphatic carbocycles. The first-order valence-corrected chi connectivity index (χ1v) is 11.8.